The molecular formula is C20H32N3O3+. The Balaban J connectivity index is 2.09. The van der Waals surface area contributed by atoms with Crippen molar-refractivity contribution in [1.82, 2.24) is 5.43 Å². The fourth-order valence-electron chi connectivity index (χ4n) is 3.13. The van der Waals surface area contributed by atoms with Gasteiger partial charge in [-0.15, -0.1) is 0 Å². The molecule has 1 saturated heterocycles. The molecule has 6 heteroatoms. The number of piperidine rings is 1. The summed E-state index contributed by atoms with van der Waals surface area (Å²) in [6.45, 7) is 10.7. The molecule has 0 saturated carbocycles. The molecule has 144 valence electrons. The number of quaternary nitrogens is 1. The third-order valence-electron chi connectivity index (χ3n) is 4.41. The lowest BCUT2D eigenvalue weighted by Gasteiger charge is -2.24. The zero-order valence-electron chi connectivity index (χ0n) is 16.6. The number of nitrogens with one attached hydrogen (secondary N) is 2. The Bertz CT molecular complexity index is 644. The molecule has 6 nitrogen and oxygen atoms in total. The Hall–Kier alpha value is -2.08. The summed E-state index contributed by atoms with van der Waals surface area (Å²) in [6, 6.07) is 6.04. The van der Waals surface area contributed by atoms with Gasteiger partial charge in [0.25, 0.3) is 0 Å². The molecule has 1 fully saturated rings. The smallest absolute Gasteiger partial charge is 0.428 e. The van der Waals surface area contributed by atoms with Crippen LogP contribution in [0.2, 0.25) is 0 Å². The number of amides is 1. The van der Waals surface area contributed by atoms with Crippen LogP contribution in [0.4, 0.5) is 4.79 Å². The van der Waals surface area contributed by atoms with Crippen LogP contribution < -0.4 is 15.1 Å². The number of carbonyl (C=O) groups is 1. The van der Waals surface area contributed by atoms with Crippen molar-refractivity contribution in [2.45, 2.75) is 59.1 Å². The van der Waals surface area contributed by atoms with Crippen LogP contribution in [0.25, 0.3) is 0 Å². The first-order chi connectivity index (χ1) is 12.3. The molecule has 0 bridgehead atoms. The molecule has 1 heterocycles. The second-order valence-electron chi connectivity index (χ2n) is 7.82. The standard InChI is InChI=1S/C20H31N3O3/c1-15(21-22-19(24)26-20(2,3)4)16-9-10-18(25-5)17(13-16)14-23-11-7-6-8-12-23/h9-10,13H,6-8,11-12,14H2,1-5H3,(H,22,24)/p+1/b21-15-. The highest BCUT2D eigenvalue weighted by molar-refractivity contribution is 5.99. The maximum atomic E-state index is 11.8. The molecule has 0 unspecified atom stereocenters. The lowest BCUT2D eigenvalue weighted by Crippen LogP contribution is -3.11. The van der Waals surface area contributed by atoms with Gasteiger partial charge in [-0.1, -0.05) is 0 Å². The number of nitrogens with zero attached hydrogens (tertiary/aromatic N) is 1. The van der Waals surface area contributed by atoms with Crippen LogP contribution in [0.1, 0.15) is 58.1 Å². The molecule has 0 aromatic heterocycles. The summed E-state index contributed by atoms with van der Waals surface area (Å²) in [6.07, 6.45) is 3.36. The fourth-order valence-corrected chi connectivity index (χ4v) is 3.13. The molecule has 1 aromatic rings. The van der Waals surface area contributed by atoms with Crippen molar-refractivity contribution in [2.24, 2.45) is 5.10 Å². The summed E-state index contributed by atoms with van der Waals surface area (Å²) in [5.41, 5.74) is 4.78. The van der Waals surface area contributed by atoms with E-state index in [4.69, 9.17) is 9.47 Å². The third-order valence-corrected chi connectivity index (χ3v) is 4.41. The Morgan fingerprint density at radius 1 is 1.23 bits per heavy atom. The molecule has 1 aromatic carbocycles. The zero-order valence-corrected chi connectivity index (χ0v) is 16.6. The molecule has 26 heavy (non-hydrogen) atoms. The van der Waals surface area contributed by atoms with Crippen LogP contribution in [-0.4, -0.2) is 37.6 Å². The normalized spacial score (nSPS) is 16.3. The number of hydrazone groups is 1. The van der Waals surface area contributed by atoms with Crippen LogP contribution in [0.15, 0.2) is 23.3 Å². The Labute approximate surface area is 156 Å². The van der Waals surface area contributed by atoms with Gasteiger partial charge in [0, 0.05) is 5.56 Å². The Morgan fingerprint density at radius 2 is 1.92 bits per heavy atom. The van der Waals surface area contributed by atoms with Gasteiger partial charge in [0.2, 0.25) is 0 Å². The van der Waals surface area contributed by atoms with Crippen LogP contribution in [0.3, 0.4) is 0 Å². The van der Waals surface area contributed by atoms with E-state index >= 15 is 0 Å². The summed E-state index contributed by atoms with van der Waals surface area (Å²) in [5.74, 6) is 0.903. The number of rotatable bonds is 5. The van der Waals surface area contributed by atoms with Gasteiger partial charge in [0.05, 0.1) is 25.9 Å². The zero-order chi connectivity index (χ0) is 19.2. The predicted octanol–water partition coefficient (Wildman–Crippen LogP) is 2.51. The first-order valence-electron chi connectivity index (χ1n) is 9.32. The van der Waals surface area contributed by atoms with E-state index in [1.54, 1.807) is 12.0 Å². The number of benzene rings is 1. The molecule has 1 aliphatic heterocycles. The van der Waals surface area contributed by atoms with E-state index in [0.717, 1.165) is 23.6 Å². The molecule has 0 aliphatic carbocycles. The van der Waals surface area contributed by atoms with Crippen molar-refractivity contribution in [3.8, 4) is 5.75 Å². The van der Waals surface area contributed by atoms with Crippen molar-refractivity contribution < 1.29 is 19.2 Å². The highest BCUT2D eigenvalue weighted by Gasteiger charge is 2.18. The van der Waals surface area contributed by atoms with Crippen LogP contribution >= 0.6 is 0 Å². The first-order valence-corrected chi connectivity index (χ1v) is 9.32. The molecule has 1 amide bonds. The van der Waals surface area contributed by atoms with E-state index < -0.39 is 11.7 Å². The summed E-state index contributed by atoms with van der Waals surface area (Å²) < 4.78 is 10.7. The largest absolute Gasteiger partial charge is 0.496 e. The average molecular weight is 362 g/mol. The minimum Gasteiger partial charge on any atom is -0.496 e. The lowest BCUT2D eigenvalue weighted by atomic mass is 10.0. The quantitative estimate of drug-likeness (QED) is 0.625. The molecule has 0 spiro atoms. The van der Waals surface area contributed by atoms with Gasteiger partial charge in [0.15, 0.2) is 0 Å². The minimum atomic E-state index is -0.552. The molecule has 1 aliphatic rings. The SMILES string of the molecule is COc1ccc(/C(C)=N\NC(=O)OC(C)(C)C)cc1C[NH+]1CCCCC1. The van der Waals surface area contributed by atoms with E-state index in [-0.39, 0.29) is 0 Å². The van der Waals surface area contributed by atoms with Crippen molar-refractivity contribution in [3.63, 3.8) is 0 Å². The van der Waals surface area contributed by atoms with E-state index in [1.165, 1.54) is 37.9 Å². The second-order valence-corrected chi connectivity index (χ2v) is 7.82. The van der Waals surface area contributed by atoms with Crippen LogP contribution in [0, 0.1) is 0 Å². The Morgan fingerprint density at radius 3 is 2.54 bits per heavy atom. The predicted molar refractivity (Wildman–Crippen MR) is 103 cm³/mol. The van der Waals surface area contributed by atoms with Gasteiger partial charge < -0.3 is 14.4 Å². The van der Waals surface area contributed by atoms with Gasteiger partial charge >= 0.3 is 6.09 Å². The highest BCUT2D eigenvalue weighted by Crippen LogP contribution is 2.20. The number of hydrogen-bond donors (Lipinski definition) is 2. The topological polar surface area (TPSA) is 64.4 Å². The summed E-state index contributed by atoms with van der Waals surface area (Å²) >= 11 is 0. The summed E-state index contributed by atoms with van der Waals surface area (Å²) in [7, 11) is 1.70. The molecule has 0 radical (unpaired) electrons. The molecular weight excluding hydrogens is 330 g/mol. The maximum Gasteiger partial charge on any atom is 0.428 e. The van der Waals surface area contributed by atoms with E-state index in [1.807, 2.05) is 39.8 Å². The van der Waals surface area contributed by atoms with Gasteiger partial charge in [-0.2, -0.15) is 5.10 Å². The van der Waals surface area contributed by atoms with E-state index in [9.17, 15) is 4.79 Å². The number of hydrogen-bond acceptors (Lipinski definition) is 4. The molecule has 2 N–H and O–H groups in total. The van der Waals surface area contributed by atoms with Gasteiger partial charge in [-0.3, -0.25) is 0 Å². The van der Waals surface area contributed by atoms with Gasteiger partial charge in [-0.05, 0) is 70.7 Å². The monoisotopic (exact) mass is 362 g/mol. The molecule has 2 rings (SSSR count). The van der Waals surface area contributed by atoms with Crippen molar-refractivity contribution in [3.05, 3.63) is 29.3 Å². The fraction of sp³-hybridized carbons (Fsp3) is 0.600. The van der Waals surface area contributed by atoms with Gasteiger partial charge in [0.1, 0.15) is 17.9 Å². The number of likely N-dealkylation sites (tertiary alicyclic amines) is 1. The summed E-state index contributed by atoms with van der Waals surface area (Å²) in [5, 5.41) is 4.17. The van der Waals surface area contributed by atoms with E-state index in [0.29, 0.717) is 0 Å². The van der Waals surface area contributed by atoms with Crippen molar-refractivity contribution in [1.29, 1.82) is 0 Å². The van der Waals surface area contributed by atoms with Crippen molar-refractivity contribution in [2.75, 3.05) is 20.2 Å². The maximum absolute atomic E-state index is 11.8. The minimum absolute atomic E-state index is 0.544. The number of carbonyl (C=O) groups excluding carboxylic acids is 1. The van der Waals surface area contributed by atoms with Crippen molar-refractivity contribution >= 4 is 11.8 Å². The Kier molecular flexibility index (Phi) is 7.03. The average Bonchev–Trinajstić information content (AvgIpc) is 2.59. The van der Waals surface area contributed by atoms with Gasteiger partial charge in [-0.25, -0.2) is 10.2 Å². The van der Waals surface area contributed by atoms with E-state index in [2.05, 4.69) is 16.6 Å². The third kappa shape index (κ3) is 6.33. The number of ether oxygens (including phenoxy) is 2. The highest BCUT2D eigenvalue weighted by atomic mass is 16.6. The number of methoxy groups -OCH3 is 1. The molecule has 0 atom stereocenters. The lowest BCUT2D eigenvalue weighted by molar-refractivity contribution is -0.918. The first kappa shape index (κ1) is 20.2. The second kappa shape index (κ2) is 9.03. The van der Waals surface area contributed by atoms with Crippen LogP contribution in [0.5, 0.6) is 5.75 Å². The summed E-state index contributed by atoms with van der Waals surface area (Å²) in [4.78, 5) is 13.4. The van der Waals surface area contributed by atoms with Crippen LogP contribution in [-0.2, 0) is 11.3 Å².